The van der Waals surface area contributed by atoms with Gasteiger partial charge in [-0.2, -0.15) is 0 Å². The number of nitrogens with two attached hydrogens (primary N) is 1. The van der Waals surface area contributed by atoms with Crippen LogP contribution < -0.4 is 5.73 Å². The molecule has 0 aliphatic heterocycles. The summed E-state index contributed by atoms with van der Waals surface area (Å²) in [7, 11) is 0. The Kier molecular flexibility index (Phi) is 4.32. The molecular formula is C19H18ClNO. The van der Waals surface area contributed by atoms with E-state index in [2.05, 4.69) is 0 Å². The third kappa shape index (κ3) is 3.41. The van der Waals surface area contributed by atoms with Gasteiger partial charge in [0.05, 0.1) is 11.3 Å². The monoisotopic (exact) mass is 311 g/mol. The molecule has 0 aromatic heterocycles. The summed E-state index contributed by atoms with van der Waals surface area (Å²) in [4.78, 5) is 0. The number of hydrogen-bond donors (Lipinski definition) is 1. The standard InChI is InChI=1S/C19H18ClNO/c20-17-9-4-8-16(12-17)19(21)11-5-10-18(13-19)22-14-15-6-2-1-3-7-15/h1-12H,13-14,21H2. The predicted octanol–water partition coefficient (Wildman–Crippen LogP) is 4.55. The zero-order valence-corrected chi connectivity index (χ0v) is 13.0. The highest BCUT2D eigenvalue weighted by Gasteiger charge is 2.28. The van der Waals surface area contributed by atoms with E-state index in [9.17, 15) is 0 Å². The van der Waals surface area contributed by atoms with Crippen LogP contribution in [0.15, 0.2) is 78.6 Å². The van der Waals surface area contributed by atoms with Crippen LogP contribution in [0.2, 0.25) is 5.02 Å². The van der Waals surface area contributed by atoms with Gasteiger partial charge < -0.3 is 10.5 Å². The molecule has 3 rings (SSSR count). The molecule has 1 aliphatic carbocycles. The van der Waals surface area contributed by atoms with E-state index < -0.39 is 5.54 Å². The molecule has 2 N–H and O–H groups in total. The number of ether oxygens (including phenoxy) is 1. The minimum Gasteiger partial charge on any atom is -0.493 e. The van der Waals surface area contributed by atoms with E-state index in [4.69, 9.17) is 22.1 Å². The van der Waals surface area contributed by atoms with E-state index in [1.165, 1.54) is 0 Å². The average Bonchev–Trinajstić information content (AvgIpc) is 2.54. The summed E-state index contributed by atoms with van der Waals surface area (Å²) in [5.74, 6) is 0.883. The maximum Gasteiger partial charge on any atom is 0.113 e. The van der Waals surface area contributed by atoms with Crippen LogP contribution in [0.4, 0.5) is 0 Å². The summed E-state index contributed by atoms with van der Waals surface area (Å²) in [6.45, 7) is 0.548. The molecule has 0 bridgehead atoms. The Hall–Kier alpha value is -2.03. The van der Waals surface area contributed by atoms with E-state index in [0.717, 1.165) is 16.9 Å². The van der Waals surface area contributed by atoms with Gasteiger partial charge in [-0.05, 0) is 29.3 Å². The van der Waals surface area contributed by atoms with Crippen molar-refractivity contribution in [3.05, 3.63) is 94.7 Å². The zero-order valence-electron chi connectivity index (χ0n) is 12.2. The smallest absolute Gasteiger partial charge is 0.113 e. The fourth-order valence-corrected chi connectivity index (χ4v) is 2.75. The largest absolute Gasteiger partial charge is 0.493 e. The SMILES string of the molecule is NC1(c2cccc(Cl)c2)C=CC=C(OCc2ccccc2)C1. The lowest BCUT2D eigenvalue weighted by molar-refractivity contribution is 0.177. The first-order valence-corrected chi connectivity index (χ1v) is 7.64. The first-order valence-electron chi connectivity index (χ1n) is 7.26. The van der Waals surface area contributed by atoms with Crippen molar-refractivity contribution in [1.29, 1.82) is 0 Å². The molecule has 2 aromatic rings. The molecular weight excluding hydrogens is 294 g/mol. The molecule has 1 unspecified atom stereocenters. The van der Waals surface area contributed by atoms with Crippen molar-refractivity contribution < 1.29 is 4.74 Å². The fraction of sp³-hybridized carbons (Fsp3) is 0.158. The van der Waals surface area contributed by atoms with Crippen LogP contribution in [0.3, 0.4) is 0 Å². The number of hydrogen-bond acceptors (Lipinski definition) is 2. The van der Waals surface area contributed by atoms with Crippen molar-refractivity contribution in [3.63, 3.8) is 0 Å². The van der Waals surface area contributed by atoms with Crippen LogP contribution in [0, 0.1) is 0 Å². The molecule has 22 heavy (non-hydrogen) atoms. The van der Waals surface area contributed by atoms with E-state index in [-0.39, 0.29) is 0 Å². The summed E-state index contributed by atoms with van der Waals surface area (Å²) < 4.78 is 5.91. The third-order valence-electron chi connectivity index (χ3n) is 3.77. The molecule has 0 spiro atoms. The third-order valence-corrected chi connectivity index (χ3v) is 4.01. The van der Waals surface area contributed by atoms with Gasteiger partial charge in [0.2, 0.25) is 0 Å². The van der Waals surface area contributed by atoms with Crippen LogP contribution in [0.1, 0.15) is 17.5 Å². The van der Waals surface area contributed by atoms with Crippen molar-refractivity contribution in [2.75, 3.05) is 0 Å². The van der Waals surface area contributed by atoms with Crippen LogP contribution in [-0.2, 0) is 16.9 Å². The summed E-state index contributed by atoms with van der Waals surface area (Å²) in [6.07, 6.45) is 6.54. The van der Waals surface area contributed by atoms with Crippen LogP contribution >= 0.6 is 11.6 Å². The Labute approximate surface area is 135 Å². The van der Waals surface area contributed by atoms with Crippen molar-refractivity contribution in [3.8, 4) is 0 Å². The number of rotatable bonds is 4. The Balaban J connectivity index is 1.71. The molecule has 0 saturated heterocycles. The Morgan fingerprint density at radius 3 is 2.68 bits per heavy atom. The number of benzene rings is 2. The quantitative estimate of drug-likeness (QED) is 0.898. The minimum atomic E-state index is -0.578. The molecule has 3 heteroatoms. The van der Waals surface area contributed by atoms with E-state index in [1.54, 1.807) is 0 Å². The van der Waals surface area contributed by atoms with E-state index in [0.29, 0.717) is 18.1 Å². The Morgan fingerprint density at radius 2 is 1.91 bits per heavy atom. The number of allylic oxidation sites excluding steroid dienone is 2. The second kappa shape index (κ2) is 6.39. The van der Waals surface area contributed by atoms with Crippen LogP contribution in [-0.4, -0.2) is 0 Å². The lowest BCUT2D eigenvalue weighted by Crippen LogP contribution is -2.36. The zero-order chi connectivity index (χ0) is 15.4. The molecule has 2 nitrogen and oxygen atoms in total. The molecule has 2 aromatic carbocycles. The molecule has 0 saturated carbocycles. The van der Waals surface area contributed by atoms with Gasteiger partial charge in [-0.1, -0.05) is 66.2 Å². The molecule has 1 atom stereocenters. The first-order chi connectivity index (χ1) is 10.7. The Morgan fingerprint density at radius 1 is 1.09 bits per heavy atom. The highest BCUT2D eigenvalue weighted by molar-refractivity contribution is 6.30. The van der Waals surface area contributed by atoms with Gasteiger partial charge in [0, 0.05) is 11.4 Å². The topological polar surface area (TPSA) is 35.2 Å². The lowest BCUT2D eigenvalue weighted by atomic mass is 9.84. The highest BCUT2D eigenvalue weighted by Crippen LogP contribution is 2.32. The van der Waals surface area contributed by atoms with Crippen molar-refractivity contribution in [1.82, 2.24) is 0 Å². The molecule has 0 radical (unpaired) electrons. The van der Waals surface area contributed by atoms with Gasteiger partial charge in [-0.3, -0.25) is 0 Å². The second-order valence-corrected chi connectivity index (χ2v) is 5.93. The van der Waals surface area contributed by atoms with E-state index in [1.807, 2.05) is 72.8 Å². The van der Waals surface area contributed by atoms with Crippen LogP contribution in [0.5, 0.6) is 0 Å². The van der Waals surface area contributed by atoms with Gasteiger partial charge in [0.25, 0.3) is 0 Å². The van der Waals surface area contributed by atoms with E-state index >= 15 is 0 Å². The summed E-state index contributed by atoms with van der Waals surface area (Å²) >= 11 is 6.08. The highest BCUT2D eigenvalue weighted by atomic mass is 35.5. The normalized spacial score (nSPS) is 20.5. The van der Waals surface area contributed by atoms with Gasteiger partial charge in [0.15, 0.2) is 0 Å². The van der Waals surface area contributed by atoms with Crippen molar-refractivity contribution in [2.24, 2.45) is 5.73 Å². The van der Waals surface area contributed by atoms with Gasteiger partial charge >= 0.3 is 0 Å². The Bertz CT molecular complexity index is 708. The fourth-order valence-electron chi connectivity index (χ4n) is 2.56. The second-order valence-electron chi connectivity index (χ2n) is 5.49. The first kappa shape index (κ1) is 14.9. The predicted molar refractivity (Wildman–Crippen MR) is 90.4 cm³/mol. The summed E-state index contributed by atoms with van der Waals surface area (Å²) in [6, 6.07) is 17.8. The van der Waals surface area contributed by atoms with Gasteiger partial charge in [0.1, 0.15) is 6.61 Å². The molecule has 0 amide bonds. The molecule has 1 aliphatic rings. The summed E-state index contributed by atoms with van der Waals surface area (Å²) in [5, 5.41) is 0.692. The lowest BCUT2D eigenvalue weighted by Gasteiger charge is -2.30. The molecule has 112 valence electrons. The maximum absolute atomic E-state index is 6.54. The minimum absolute atomic E-state index is 0.548. The molecule has 0 heterocycles. The van der Waals surface area contributed by atoms with Crippen molar-refractivity contribution >= 4 is 11.6 Å². The van der Waals surface area contributed by atoms with Crippen molar-refractivity contribution in [2.45, 2.75) is 18.6 Å². The average molecular weight is 312 g/mol. The van der Waals surface area contributed by atoms with Gasteiger partial charge in [-0.15, -0.1) is 0 Å². The van der Waals surface area contributed by atoms with Gasteiger partial charge in [-0.25, -0.2) is 0 Å². The molecule has 0 fully saturated rings. The number of halogens is 1. The maximum atomic E-state index is 6.54. The van der Waals surface area contributed by atoms with Crippen LogP contribution in [0.25, 0.3) is 0 Å². The summed E-state index contributed by atoms with van der Waals surface area (Å²) in [5.41, 5.74) is 8.10.